The van der Waals surface area contributed by atoms with Crippen molar-refractivity contribution in [2.75, 3.05) is 4.90 Å². The van der Waals surface area contributed by atoms with Crippen molar-refractivity contribution in [1.82, 2.24) is 0 Å². The summed E-state index contributed by atoms with van der Waals surface area (Å²) in [6, 6.07) is 61.3. The Labute approximate surface area is 310 Å². The fraction of sp³-hybridized carbons (Fsp3) is 0.115. The van der Waals surface area contributed by atoms with E-state index in [0.29, 0.717) is 0 Å². The van der Waals surface area contributed by atoms with Crippen molar-refractivity contribution in [2.24, 2.45) is 0 Å². The highest BCUT2D eigenvalue weighted by molar-refractivity contribution is 6.18. The highest BCUT2D eigenvalue weighted by Gasteiger charge is 2.40. The number of rotatable bonds is 3. The average molecular weight is 678 g/mol. The lowest BCUT2D eigenvalue weighted by Crippen LogP contribution is -2.17. The van der Waals surface area contributed by atoms with Crippen LogP contribution in [0.15, 0.2) is 164 Å². The van der Waals surface area contributed by atoms with Crippen LogP contribution in [0.3, 0.4) is 0 Å². The summed E-state index contributed by atoms with van der Waals surface area (Å²) >= 11 is 0. The largest absolute Gasteiger partial charge is 0.310 e. The van der Waals surface area contributed by atoms with E-state index in [0.717, 1.165) is 11.4 Å². The van der Waals surface area contributed by atoms with Crippen LogP contribution < -0.4 is 4.90 Å². The quantitative estimate of drug-likeness (QED) is 0.168. The molecule has 0 saturated heterocycles. The molecule has 0 spiro atoms. The molecule has 1 heteroatoms. The fourth-order valence-electron chi connectivity index (χ4n) is 10.1. The Morgan fingerprint density at radius 1 is 0.340 bits per heavy atom. The number of para-hydroxylation sites is 1. The predicted molar refractivity (Wildman–Crippen MR) is 226 cm³/mol. The van der Waals surface area contributed by atoms with Gasteiger partial charge in [-0.3, -0.25) is 0 Å². The van der Waals surface area contributed by atoms with Crippen molar-refractivity contribution in [1.29, 1.82) is 0 Å². The first-order chi connectivity index (χ1) is 25.8. The highest BCUT2D eigenvalue weighted by atomic mass is 15.1. The van der Waals surface area contributed by atoms with Crippen molar-refractivity contribution in [3.8, 4) is 22.3 Å². The van der Waals surface area contributed by atoms with Gasteiger partial charge >= 0.3 is 0 Å². The van der Waals surface area contributed by atoms with E-state index in [1.54, 1.807) is 0 Å². The van der Waals surface area contributed by atoms with Crippen LogP contribution in [0.4, 0.5) is 17.1 Å². The van der Waals surface area contributed by atoms with Gasteiger partial charge < -0.3 is 4.90 Å². The van der Waals surface area contributed by atoms with Crippen LogP contribution in [0.2, 0.25) is 0 Å². The van der Waals surface area contributed by atoms with E-state index < -0.39 is 0 Å². The summed E-state index contributed by atoms with van der Waals surface area (Å²) in [5.74, 6) is 0. The molecule has 0 fully saturated rings. The molecule has 2 aliphatic rings. The van der Waals surface area contributed by atoms with Gasteiger partial charge in [0.25, 0.3) is 0 Å². The first-order valence-electron chi connectivity index (χ1n) is 18.9. The molecule has 0 amide bonds. The van der Waals surface area contributed by atoms with Gasteiger partial charge in [-0.25, -0.2) is 0 Å². The fourth-order valence-corrected chi connectivity index (χ4v) is 10.1. The van der Waals surface area contributed by atoms with Crippen LogP contribution in [-0.2, 0) is 10.8 Å². The molecule has 1 nitrogen and oxygen atoms in total. The molecule has 53 heavy (non-hydrogen) atoms. The lowest BCUT2D eigenvalue weighted by molar-refractivity contribution is 0.666. The zero-order chi connectivity index (χ0) is 35.6. The molecule has 2 aliphatic carbocycles. The zero-order valence-corrected chi connectivity index (χ0v) is 30.5. The van der Waals surface area contributed by atoms with E-state index in [9.17, 15) is 0 Å². The van der Waals surface area contributed by atoms with Gasteiger partial charge in [-0.1, -0.05) is 143 Å². The number of nitrogens with zero attached hydrogens (tertiary/aromatic N) is 1. The average Bonchev–Trinajstić information content (AvgIpc) is 3.57. The Bertz CT molecular complexity index is 3000. The summed E-state index contributed by atoms with van der Waals surface area (Å²) in [5.41, 5.74) is 14.3. The molecule has 0 saturated carbocycles. The maximum absolute atomic E-state index is 2.46. The first-order valence-corrected chi connectivity index (χ1v) is 18.9. The molecule has 9 aromatic rings. The smallest absolute Gasteiger partial charge is 0.0468 e. The second-order valence-corrected chi connectivity index (χ2v) is 16.1. The molecule has 9 aromatic carbocycles. The molecule has 0 atom stereocenters. The van der Waals surface area contributed by atoms with Gasteiger partial charge in [-0.05, 0) is 136 Å². The Morgan fingerprint density at radius 2 is 0.906 bits per heavy atom. The van der Waals surface area contributed by atoms with Crippen molar-refractivity contribution in [3.05, 3.63) is 186 Å². The van der Waals surface area contributed by atoms with Crippen LogP contribution in [0.1, 0.15) is 49.9 Å². The molecule has 0 radical (unpaired) electrons. The van der Waals surface area contributed by atoms with Gasteiger partial charge in [-0.15, -0.1) is 0 Å². The van der Waals surface area contributed by atoms with Crippen molar-refractivity contribution in [3.63, 3.8) is 0 Å². The SMILES string of the molecule is CC1(C)c2cc3ccccc3cc2-c2ccc3cc(N(c4ccccc4)c4ccc5c(c4)C(C)(C)c4c-5c5ccccc5c5ccccc45)ccc3c21. The van der Waals surface area contributed by atoms with Crippen molar-refractivity contribution < 1.29 is 0 Å². The lowest BCUT2D eigenvalue weighted by atomic mass is 9.79. The third-order valence-electron chi connectivity index (χ3n) is 12.5. The monoisotopic (exact) mass is 677 g/mol. The topological polar surface area (TPSA) is 3.24 Å². The minimum absolute atomic E-state index is 0.107. The van der Waals surface area contributed by atoms with E-state index in [4.69, 9.17) is 0 Å². The Balaban J connectivity index is 1.09. The lowest BCUT2D eigenvalue weighted by Gasteiger charge is -2.29. The maximum Gasteiger partial charge on any atom is 0.0468 e. The summed E-state index contributed by atoms with van der Waals surface area (Å²) in [7, 11) is 0. The molecule has 0 N–H and O–H groups in total. The molecule has 0 aliphatic heterocycles. The number of hydrogen-bond acceptors (Lipinski definition) is 1. The summed E-state index contributed by atoms with van der Waals surface area (Å²) in [6.07, 6.45) is 0. The van der Waals surface area contributed by atoms with Crippen LogP contribution in [0.5, 0.6) is 0 Å². The van der Waals surface area contributed by atoms with Crippen LogP contribution in [0.25, 0.3) is 65.3 Å². The number of anilines is 3. The van der Waals surface area contributed by atoms with Crippen molar-refractivity contribution in [2.45, 2.75) is 38.5 Å². The molecular weight excluding hydrogens is 639 g/mol. The Hall–Kier alpha value is -6.18. The summed E-state index contributed by atoms with van der Waals surface area (Å²) in [5, 5.41) is 10.5. The van der Waals surface area contributed by atoms with Crippen LogP contribution >= 0.6 is 0 Å². The number of hydrogen-bond donors (Lipinski definition) is 0. The predicted octanol–water partition coefficient (Wildman–Crippen LogP) is 14.4. The van der Waals surface area contributed by atoms with Gasteiger partial charge in [0.05, 0.1) is 0 Å². The maximum atomic E-state index is 2.46. The first kappa shape index (κ1) is 30.4. The van der Waals surface area contributed by atoms with E-state index in [1.165, 1.54) is 93.3 Å². The van der Waals surface area contributed by atoms with Gasteiger partial charge in [0.15, 0.2) is 0 Å². The van der Waals surface area contributed by atoms with Gasteiger partial charge in [0.1, 0.15) is 0 Å². The third kappa shape index (κ3) is 4.14. The number of fused-ring (bicyclic) bond motifs is 14. The highest BCUT2D eigenvalue weighted by Crippen LogP contribution is 2.56. The molecular formula is C52H39N. The second kappa shape index (κ2) is 10.7. The number of benzene rings is 9. The minimum Gasteiger partial charge on any atom is -0.310 e. The van der Waals surface area contributed by atoms with Gasteiger partial charge in [0.2, 0.25) is 0 Å². The second-order valence-electron chi connectivity index (χ2n) is 16.1. The molecule has 252 valence electrons. The van der Waals surface area contributed by atoms with E-state index in [-0.39, 0.29) is 10.8 Å². The molecule has 0 aromatic heterocycles. The summed E-state index contributed by atoms with van der Waals surface area (Å²) < 4.78 is 0. The van der Waals surface area contributed by atoms with Crippen LogP contribution in [-0.4, -0.2) is 0 Å². The van der Waals surface area contributed by atoms with Gasteiger partial charge in [0, 0.05) is 27.9 Å². The summed E-state index contributed by atoms with van der Waals surface area (Å²) in [4.78, 5) is 2.44. The molecule has 0 heterocycles. The van der Waals surface area contributed by atoms with Crippen molar-refractivity contribution >= 4 is 60.2 Å². The molecule has 0 bridgehead atoms. The molecule has 0 unspecified atom stereocenters. The Morgan fingerprint density at radius 3 is 1.68 bits per heavy atom. The van der Waals surface area contributed by atoms with Crippen LogP contribution in [0, 0.1) is 0 Å². The van der Waals surface area contributed by atoms with E-state index in [2.05, 4.69) is 196 Å². The molecule has 11 rings (SSSR count). The summed E-state index contributed by atoms with van der Waals surface area (Å²) in [6.45, 7) is 9.61. The van der Waals surface area contributed by atoms with E-state index >= 15 is 0 Å². The standard InChI is InChI=1S/C52H39N/c1-51(2)46-30-33-15-9-8-14-32(33)29-45(46)43-25-22-34-28-36(23-26-38(34)49(43)51)53(35-16-6-5-7-17-35)37-24-27-44-47(31-37)52(3,4)50-42-21-13-11-19-40(42)39-18-10-12-20-41(39)48(44)50/h5-31H,1-4H3. The van der Waals surface area contributed by atoms with E-state index in [1.807, 2.05) is 0 Å². The van der Waals surface area contributed by atoms with Gasteiger partial charge in [-0.2, -0.15) is 0 Å². The minimum atomic E-state index is -0.179. The normalized spacial score (nSPS) is 14.7. The third-order valence-corrected chi connectivity index (χ3v) is 12.5. The zero-order valence-electron chi connectivity index (χ0n) is 30.5. The Kier molecular flexibility index (Phi) is 6.14.